The largest absolute Gasteiger partial charge is 0.335 e. The van der Waals surface area contributed by atoms with Gasteiger partial charge in [0.05, 0.1) is 10.8 Å². The summed E-state index contributed by atoms with van der Waals surface area (Å²) < 4.78 is 4.52. The van der Waals surface area contributed by atoms with Crippen LogP contribution in [0.15, 0.2) is 32.9 Å². The summed E-state index contributed by atoms with van der Waals surface area (Å²) in [6.07, 6.45) is 1.71. The van der Waals surface area contributed by atoms with E-state index >= 15 is 0 Å². The molecule has 10 nitrogen and oxygen atoms in total. The van der Waals surface area contributed by atoms with Crippen LogP contribution in [-0.4, -0.2) is 34.0 Å². The van der Waals surface area contributed by atoms with Gasteiger partial charge in [0.2, 0.25) is 5.16 Å². The summed E-state index contributed by atoms with van der Waals surface area (Å²) in [7, 11) is 1.74. The SMILES string of the molecule is CCCCn1c(=O)[nH]c(=O)c2c1nc(CSc1nnc(-c3ccc(Cl)cc3Cl)n1N)n2C. The average molecular weight is 495 g/mol. The lowest BCUT2D eigenvalue weighted by Crippen LogP contribution is -2.31. The lowest BCUT2D eigenvalue weighted by Gasteiger charge is -2.06. The molecule has 0 radical (unpaired) electrons. The predicted molar refractivity (Wildman–Crippen MR) is 126 cm³/mol. The molecule has 0 fully saturated rings. The summed E-state index contributed by atoms with van der Waals surface area (Å²) in [5.41, 5.74) is 0.393. The number of H-pyrrole nitrogens is 1. The van der Waals surface area contributed by atoms with Crippen molar-refractivity contribution >= 4 is 46.1 Å². The molecule has 4 rings (SSSR count). The number of nitrogens with two attached hydrogens (primary N) is 1. The van der Waals surface area contributed by atoms with Crippen LogP contribution in [0.3, 0.4) is 0 Å². The zero-order valence-corrected chi connectivity index (χ0v) is 19.6. The number of imidazole rings is 1. The van der Waals surface area contributed by atoms with Crippen LogP contribution < -0.4 is 17.1 Å². The van der Waals surface area contributed by atoms with Crippen molar-refractivity contribution in [3.63, 3.8) is 0 Å². The third kappa shape index (κ3) is 4.03. The molecule has 0 saturated heterocycles. The van der Waals surface area contributed by atoms with Crippen LogP contribution in [0, 0.1) is 0 Å². The van der Waals surface area contributed by atoms with Crippen molar-refractivity contribution in [3.8, 4) is 11.4 Å². The summed E-state index contributed by atoms with van der Waals surface area (Å²) in [6, 6.07) is 5.02. The fourth-order valence-electron chi connectivity index (χ4n) is 3.30. The lowest BCUT2D eigenvalue weighted by molar-refractivity contribution is 0.613. The quantitative estimate of drug-likeness (QED) is 0.298. The molecule has 0 saturated carbocycles. The number of nitrogen functional groups attached to an aromatic ring is 1. The molecule has 1 aromatic carbocycles. The highest BCUT2D eigenvalue weighted by Gasteiger charge is 2.19. The number of aromatic nitrogens is 7. The first-order chi connectivity index (χ1) is 15.3. The van der Waals surface area contributed by atoms with Crippen LogP contribution in [0.2, 0.25) is 10.0 Å². The third-order valence-corrected chi connectivity index (χ3v) is 6.49. The number of aromatic amines is 1. The first-order valence-electron chi connectivity index (χ1n) is 9.79. The molecule has 0 aliphatic rings. The number of rotatable bonds is 7. The van der Waals surface area contributed by atoms with Crippen molar-refractivity contribution in [2.45, 2.75) is 37.2 Å². The second kappa shape index (κ2) is 9.00. The maximum atomic E-state index is 12.4. The molecular formula is C19H20Cl2N8O2S. The van der Waals surface area contributed by atoms with Gasteiger partial charge in [0.25, 0.3) is 5.56 Å². The van der Waals surface area contributed by atoms with Gasteiger partial charge in [-0.2, -0.15) is 0 Å². The van der Waals surface area contributed by atoms with E-state index in [1.807, 2.05) is 6.92 Å². The Balaban J connectivity index is 1.65. The minimum atomic E-state index is -0.467. The molecule has 0 aliphatic heterocycles. The molecule has 3 aromatic heterocycles. The van der Waals surface area contributed by atoms with Crippen LogP contribution >= 0.6 is 35.0 Å². The topological polar surface area (TPSA) is 129 Å². The molecule has 32 heavy (non-hydrogen) atoms. The second-order valence-corrected chi connectivity index (χ2v) is 8.90. The normalized spacial score (nSPS) is 11.5. The Bertz CT molecular complexity index is 1420. The molecule has 0 spiro atoms. The number of unbranched alkanes of at least 4 members (excludes halogenated alkanes) is 1. The molecule has 0 unspecified atom stereocenters. The molecular weight excluding hydrogens is 475 g/mol. The van der Waals surface area contributed by atoms with E-state index < -0.39 is 11.2 Å². The summed E-state index contributed by atoms with van der Waals surface area (Å²) in [4.78, 5) is 31.6. The van der Waals surface area contributed by atoms with Gasteiger partial charge in [-0.05, 0) is 24.6 Å². The second-order valence-electron chi connectivity index (χ2n) is 7.11. The molecule has 0 amide bonds. The number of hydrogen-bond acceptors (Lipinski definition) is 7. The van der Waals surface area contributed by atoms with E-state index in [2.05, 4.69) is 20.2 Å². The molecule has 3 N–H and O–H groups in total. The third-order valence-electron chi connectivity index (χ3n) is 5.01. The molecule has 3 heterocycles. The van der Waals surface area contributed by atoms with E-state index in [4.69, 9.17) is 29.0 Å². The van der Waals surface area contributed by atoms with Crippen molar-refractivity contribution in [1.82, 2.24) is 34.0 Å². The molecule has 0 bridgehead atoms. The summed E-state index contributed by atoms with van der Waals surface area (Å²) in [6.45, 7) is 2.51. The highest BCUT2D eigenvalue weighted by molar-refractivity contribution is 7.98. The number of thioether (sulfide) groups is 1. The highest BCUT2D eigenvalue weighted by Crippen LogP contribution is 2.31. The van der Waals surface area contributed by atoms with Crippen LogP contribution in [0.25, 0.3) is 22.6 Å². The van der Waals surface area contributed by atoms with E-state index in [0.717, 1.165) is 12.8 Å². The Kier molecular flexibility index (Phi) is 6.31. The summed E-state index contributed by atoms with van der Waals surface area (Å²) in [5, 5.41) is 9.64. The maximum absolute atomic E-state index is 12.4. The van der Waals surface area contributed by atoms with Gasteiger partial charge in [-0.15, -0.1) is 10.2 Å². The van der Waals surface area contributed by atoms with E-state index in [1.165, 1.54) is 21.0 Å². The van der Waals surface area contributed by atoms with Crippen molar-refractivity contribution in [3.05, 3.63) is 54.9 Å². The molecule has 0 aliphatic carbocycles. The van der Waals surface area contributed by atoms with E-state index in [-0.39, 0.29) is 0 Å². The predicted octanol–water partition coefficient (Wildman–Crippen LogP) is 2.79. The van der Waals surface area contributed by atoms with Gasteiger partial charge in [0.1, 0.15) is 5.82 Å². The number of hydrogen-bond donors (Lipinski definition) is 2. The summed E-state index contributed by atoms with van der Waals surface area (Å²) >= 11 is 13.5. The molecule has 0 atom stereocenters. The standard InChI is InChI=1S/C19H20Cl2N8O2S/c1-3-4-7-28-16-14(17(30)24-18(28)31)27(2)13(23-16)9-32-19-26-25-15(29(19)22)11-6-5-10(20)8-12(11)21/h5-6,8H,3-4,7,9,22H2,1-2H3,(H,24,30,31). The highest BCUT2D eigenvalue weighted by atomic mass is 35.5. The van der Waals surface area contributed by atoms with Crippen molar-refractivity contribution in [1.29, 1.82) is 0 Å². The van der Waals surface area contributed by atoms with Crippen molar-refractivity contribution in [2.24, 2.45) is 7.05 Å². The number of benzene rings is 1. The van der Waals surface area contributed by atoms with Gasteiger partial charge in [0, 0.05) is 24.2 Å². The number of nitrogens with one attached hydrogen (secondary N) is 1. The minimum Gasteiger partial charge on any atom is -0.335 e. The van der Waals surface area contributed by atoms with E-state index in [9.17, 15) is 9.59 Å². The van der Waals surface area contributed by atoms with Crippen molar-refractivity contribution < 1.29 is 0 Å². The first kappa shape index (κ1) is 22.4. The fraction of sp³-hybridized carbons (Fsp3) is 0.316. The first-order valence-corrected chi connectivity index (χ1v) is 11.5. The van der Waals surface area contributed by atoms with Gasteiger partial charge in [0.15, 0.2) is 17.0 Å². The Labute approximate surface area is 196 Å². The maximum Gasteiger partial charge on any atom is 0.330 e. The van der Waals surface area contributed by atoms with Gasteiger partial charge < -0.3 is 10.4 Å². The summed E-state index contributed by atoms with van der Waals surface area (Å²) in [5.74, 6) is 7.54. The number of aryl methyl sites for hydroxylation is 2. The Morgan fingerprint density at radius 3 is 2.72 bits per heavy atom. The minimum absolute atomic E-state index is 0.346. The van der Waals surface area contributed by atoms with Gasteiger partial charge in [-0.1, -0.05) is 48.3 Å². The Morgan fingerprint density at radius 1 is 1.22 bits per heavy atom. The van der Waals surface area contributed by atoms with E-state index in [0.29, 0.717) is 55.9 Å². The number of halogens is 2. The van der Waals surface area contributed by atoms with Gasteiger partial charge in [-0.25, -0.2) is 14.5 Å². The van der Waals surface area contributed by atoms with Crippen LogP contribution in [0.5, 0.6) is 0 Å². The fourth-order valence-corrected chi connectivity index (χ4v) is 4.64. The smallest absolute Gasteiger partial charge is 0.330 e. The molecule has 168 valence electrons. The molecule has 13 heteroatoms. The van der Waals surface area contributed by atoms with Gasteiger partial charge >= 0.3 is 5.69 Å². The Hall–Kier alpha value is -2.76. The zero-order chi connectivity index (χ0) is 23.0. The number of nitrogens with zero attached hydrogens (tertiary/aromatic N) is 6. The van der Waals surface area contributed by atoms with Crippen molar-refractivity contribution in [2.75, 3.05) is 5.84 Å². The lowest BCUT2D eigenvalue weighted by atomic mass is 10.2. The average Bonchev–Trinajstić information content (AvgIpc) is 3.26. The number of fused-ring (bicyclic) bond motifs is 1. The van der Waals surface area contributed by atoms with Crippen LogP contribution in [0.4, 0.5) is 0 Å². The Morgan fingerprint density at radius 2 is 2.00 bits per heavy atom. The monoisotopic (exact) mass is 494 g/mol. The van der Waals surface area contributed by atoms with E-state index in [1.54, 1.807) is 29.8 Å². The van der Waals surface area contributed by atoms with Crippen LogP contribution in [0.1, 0.15) is 25.6 Å². The van der Waals surface area contributed by atoms with Crippen LogP contribution in [-0.2, 0) is 19.3 Å². The molecule has 4 aromatic rings. The zero-order valence-electron chi connectivity index (χ0n) is 17.3. The van der Waals surface area contributed by atoms with Gasteiger partial charge in [-0.3, -0.25) is 14.3 Å².